The zero-order chi connectivity index (χ0) is 17.1. The minimum absolute atomic E-state index is 0.105. The van der Waals surface area contributed by atoms with Crippen LogP contribution in [0.25, 0.3) is 11.1 Å². The van der Waals surface area contributed by atoms with Gasteiger partial charge in [0.2, 0.25) is 5.91 Å². The predicted molar refractivity (Wildman–Crippen MR) is 90.8 cm³/mol. The van der Waals surface area contributed by atoms with Gasteiger partial charge in [0.25, 0.3) is 5.91 Å². The van der Waals surface area contributed by atoms with Crippen LogP contribution < -0.4 is 10.6 Å². The van der Waals surface area contributed by atoms with E-state index in [1.807, 2.05) is 12.1 Å². The summed E-state index contributed by atoms with van der Waals surface area (Å²) >= 11 is 5.89. The number of carbonyl (C=O) groups is 2. The average Bonchev–Trinajstić information content (AvgIpc) is 3.14. The normalized spacial score (nSPS) is 10.8. The number of aryl methyl sites for hydroxylation is 1. The van der Waals surface area contributed by atoms with Crippen molar-refractivity contribution in [1.82, 2.24) is 15.2 Å². The van der Waals surface area contributed by atoms with Crippen molar-refractivity contribution in [3.8, 4) is 0 Å². The van der Waals surface area contributed by atoms with Gasteiger partial charge < -0.3 is 19.6 Å². The second-order valence-corrected chi connectivity index (χ2v) is 5.78. The third-order valence-electron chi connectivity index (χ3n) is 3.68. The van der Waals surface area contributed by atoms with E-state index in [9.17, 15) is 9.59 Å². The Bertz CT molecular complexity index is 898. The van der Waals surface area contributed by atoms with Gasteiger partial charge in [-0.25, -0.2) is 0 Å². The first kappa shape index (κ1) is 16.1. The van der Waals surface area contributed by atoms with E-state index in [1.165, 1.54) is 0 Å². The molecule has 2 N–H and O–H groups in total. The topological polar surface area (TPSA) is 76.3 Å². The lowest BCUT2D eigenvalue weighted by atomic mass is 10.2. The van der Waals surface area contributed by atoms with E-state index in [0.717, 1.165) is 11.1 Å². The van der Waals surface area contributed by atoms with E-state index in [2.05, 4.69) is 10.6 Å². The molecule has 24 heavy (non-hydrogen) atoms. The lowest BCUT2D eigenvalue weighted by molar-refractivity contribution is -0.120. The second-order valence-electron chi connectivity index (χ2n) is 5.35. The summed E-state index contributed by atoms with van der Waals surface area (Å²) in [4.78, 5) is 24.0. The molecule has 2 amide bonds. The van der Waals surface area contributed by atoms with Gasteiger partial charge in [0.1, 0.15) is 5.69 Å². The Morgan fingerprint density at radius 3 is 2.79 bits per heavy atom. The van der Waals surface area contributed by atoms with Gasteiger partial charge in [-0.1, -0.05) is 23.7 Å². The van der Waals surface area contributed by atoms with Crippen LogP contribution >= 0.6 is 11.6 Å². The number of fused-ring (bicyclic) bond motifs is 1. The first-order chi connectivity index (χ1) is 11.5. The number of rotatable bonds is 5. The summed E-state index contributed by atoms with van der Waals surface area (Å²) in [5.74, 6) is -0.608. The van der Waals surface area contributed by atoms with Crippen LogP contribution in [0, 0.1) is 0 Å². The molecule has 2 heterocycles. The monoisotopic (exact) mass is 345 g/mol. The molecule has 124 valence electrons. The Hall–Kier alpha value is -2.73. The molecule has 0 saturated carbocycles. The summed E-state index contributed by atoms with van der Waals surface area (Å²) < 4.78 is 6.98. The quantitative estimate of drug-likeness (QED) is 0.745. The molecule has 0 radical (unpaired) electrons. The molecular formula is C17H16ClN3O3. The van der Waals surface area contributed by atoms with Crippen molar-refractivity contribution in [3.63, 3.8) is 0 Å². The lowest BCUT2D eigenvalue weighted by Crippen LogP contribution is -2.37. The third kappa shape index (κ3) is 3.44. The molecule has 0 aliphatic heterocycles. The van der Waals surface area contributed by atoms with Crippen LogP contribution in [0.4, 0.5) is 0 Å². The van der Waals surface area contributed by atoms with Gasteiger partial charge in [0, 0.05) is 30.7 Å². The first-order valence-corrected chi connectivity index (χ1v) is 7.74. The highest BCUT2D eigenvalue weighted by Gasteiger charge is 2.15. The standard InChI is InChI=1S/C17H16ClN3O3/c1-21-13-5-6-24-15(13)8-14(21)17(23)20-10-16(22)19-9-11-3-2-4-12(18)7-11/h2-8H,9-10H2,1H3,(H,19,22)(H,20,23). The van der Waals surface area contributed by atoms with Crippen LogP contribution in [0.15, 0.2) is 47.1 Å². The third-order valence-corrected chi connectivity index (χ3v) is 3.92. The summed E-state index contributed by atoms with van der Waals surface area (Å²) in [6.45, 7) is 0.248. The Morgan fingerprint density at radius 1 is 1.21 bits per heavy atom. The molecule has 0 unspecified atom stereocenters. The van der Waals surface area contributed by atoms with Crippen LogP contribution in [0.3, 0.4) is 0 Å². The molecule has 0 fully saturated rings. The number of carbonyl (C=O) groups excluding carboxylic acids is 2. The van der Waals surface area contributed by atoms with E-state index in [0.29, 0.717) is 22.8 Å². The molecule has 0 saturated heterocycles. The molecular weight excluding hydrogens is 330 g/mol. The van der Waals surface area contributed by atoms with E-state index < -0.39 is 0 Å². The van der Waals surface area contributed by atoms with Gasteiger partial charge >= 0.3 is 0 Å². The highest BCUT2D eigenvalue weighted by Crippen LogP contribution is 2.19. The Balaban J connectivity index is 1.53. The van der Waals surface area contributed by atoms with E-state index >= 15 is 0 Å². The number of benzene rings is 1. The van der Waals surface area contributed by atoms with Crippen molar-refractivity contribution in [3.05, 3.63) is 58.9 Å². The maximum atomic E-state index is 12.2. The number of amides is 2. The summed E-state index contributed by atoms with van der Waals surface area (Å²) in [7, 11) is 1.77. The van der Waals surface area contributed by atoms with Crippen LogP contribution in [0.2, 0.25) is 5.02 Å². The van der Waals surface area contributed by atoms with Gasteiger partial charge in [-0.3, -0.25) is 9.59 Å². The number of aromatic nitrogens is 1. The maximum absolute atomic E-state index is 12.2. The molecule has 0 aliphatic rings. The predicted octanol–water partition coefficient (Wildman–Crippen LogP) is 2.47. The summed E-state index contributed by atoms with van der Waals surface area (Å²) in [5, 5.41) is 5.94. The number of hydrogen-bond acceptors (Lipinski definition) is 3. The van der Waals surface area contributed by atoms with Crippen molar-refractivity contribution in [1.29, 1.82) is 0 Å². The molecule has 2 aromatic heterocycles. The Kier molecular flexibility index (Phi) is 4.57. The molecule has 7 heteroatoms. The fourth-order valence-corrected chi connectivity index (χ4v) is 2.64. The maximum Gasteiger partial charge on any atom is 0.268 e. The van der Waals surface area contributed by atoms with Crippen molar-refractivity contribution in [2.24, 2.45) is 7.05 Å². The Labute approximate surface area is 143 Å². The fourth-order valence-electron chi connectivity index (χ4n) is 2.43. The largest absolute Gasteiger partial charge is 0.463 e. The van der Waals surface area contributed by atoms with Crippen molar-refractivity contribution in [2.45, 2.75) is 6.54 Å². The summed E-state index contributed by atoms with van der Waals surface area (Å²) in [6, 6.07) is 10.7. The van der Waals surface area contributed by atoms with Crippen LogP contribution in [0.5, 0.6) is 0 Å². The van der Waals surface area contributed by atoms with Crippen molar-refractivity contribution in [2.75, 3.05) is 6.54 Å². The summed E-state index contributed by atoms with van der Waals surface area (Å²) in [5.41, 5.74) is 2.79. The smallest absolute Gasteiger partial charge is 0.268 e. The van der Waals surface area contributed by atoms with Gasteiger partial charge in [0.05, 0.1) is 18.3 Å². The molecule has 3 aromatic rings. The zero-order valence-electron chi connectivity index (χ0n) is 13.0. The number of nitrogens with one attached hydrogen (secondary N) is 2. The van der Waals surface area contributed by atoms with E-state index in [4.69, 9.17) is 16.0 Å². The molecule has 1 aromatic carbocycles. The molecule has 0 aliphatic carbocycles. The minimum Gasteiger partial charge on any atom is -0.463 e. The molecule has 6 nitrogen and oxygen atoms in total. The lowest BCUT2D eigenvalue weighted by Gasteiger charge is -2.08. The number of nitrogens with zero attached hydrogens (tertiary/aromatic N) is 1. The van der Waals surface area contributed by atoms with Crippen molar-refractivity contribution < 1.29 is 14.0 Å². The number of furan rings is 1. The molecule has 0 bridgehead atoms. The van der Waals surface area contributed by atoms with Crippen LogP contribution in [-0.4, -0.2) is 22.9 Å². The van der Waals surface area contributed by atoms with Gasteiger partial charge in [-0.05, 0) is 17.7 Å². The molecule has 3 rings (SSSR count). The van der Waals surface area contributed by atoms with Gasteiger partial charge in [-0.15, -0.1) is 0 Å². The number of hydrogen-bond donors (Lipinski definition) is 2. The van der Waals surface area contributed by atoms with Crippen LogP contribution in [-0.2, 0) is 18.4 Å². The minimum atomic E-state index is -0.332. The van der Waals surface area contributed by atoms with Crippen LogP contribution in [0.1, 0.15) is 16.1 Å². The molecule has 0 spiro atoms. The highest BCUT2D eigenvalue weighted by atomic mass is 35.5. The number of halogens is 1. The average molecular weight is 346 g/mol. The first-order valence-electron chi connectivity index (χ1n) is 7.37. The second kappa shape index (κ2) is 6.80. The summed E-state index contributed by atoms with van der Waals surface area (Å²) in [6.07, 6.45) is 1.57. The van der Waals surface area contributed by atoms with Crippen molar-refractivity contribution >= 4 is 34.5 Å². The SMILES string of the molecule is Cn1c(C(=O)NCC(=O)NCc2cccc(Cl)c2)cc2occc21. The fraction of sp³-hybridized carbons (Fsp3) is 0.176. The van der Waals surface area contributed by atoms with Gasteiger partial charge in [0.15, 0.2) is 5.58 Å². The van der Waals surface area contributed by atoms with E-state index in [1.54, 1.807) is 42.1 Å². The highest BCUT2D eigenvalue weighted by molar-refractivity contribution is 6.30. The Morgan fingerprint density at radius 2 is 2.04 bits per heavy atom. The molecule has 0 atom stereocenters. The zero-order valence-corrected chi connectivity index (χ0v) is 13.8. The van der Waals surface area contributed by atoms with E-state index in [-0.39, 0.29) is 18.4 Å². The van der Waals surface area contributed by atoms with Gasteiger partial charge in [-0.2, -0.15) is 0 Å².